The van der Waals surface area contributed by atoms with Gasteiger partial charge in [0.25, 0.3) is 0 Å². The fourth-order valence-electron chi connectivity index (χ4n) is 2.15. The van der Waals surface area contributed by atoms with E-state index in [0.29, 0.717) is 0 Å². The highest BCUT2D eigenvalue weighted by molar-refractivity contribution is 7.75. The van der Waals surface area contributed by atoms with E-state index >= 15 is 0 Å². The van der Waals surface area contributed by atoms with Crippen LogP contribution in [0.2, 0.25) is 0 Å². The second-order valence-electron chi connectivity index (χ2n) is 4.49. The molecule has 4 nitrogen and oxygen atoms in total. The van der Waals surface area contributed by atoms with Gasteiger partial charge in [0.05, 0.1) is 14.2 Å². The summed E-state index contributed by atoms with van der Waals surface area (Å²) < 4.78 is 9.67. The summed E-state index contributed by atoms with van der Waals surface area (Å²) >= 11 is 0. The number of hydrogen-bond donors (Lipinski definition) is 0. The van der Waals surface area contributed by atoms with E-state index in [1.165, 1.54) is 14.2 Å². The van der Waals surface area contributed by atoms with Crippen LogP contribution in [0.15, 0.2) is 60.7 Å². The van der Waals surface area contributed by atoms with Gasteiger partial charge in [0.15, 0.2) is 5.66 Å². The van der Waals surface area contributed by atoms with Gasteiger partial charge in [0.1, 0.15) is 0 Å². The molecule has 2 aromatic rings. The number of carbonyl (C=O) groups is 2. The molecule has 0 aromatic heterocycles. The molecule has 0 heterocycles. The van der Waals surface area contributed by atoms with Gasteiger partial charge in [0, 0.05) is 0 Å². The van der Waals surface area contributed by atoms with Crippen LogP contribution in [-0.4, -0.2) is 31.8 Å². The topological polar surface area (TPSA) is 52.6 Å². The quantitative estimate of drug-likeness (QED) is 0.480. The highest BCUT2D eigenvalue weighted by Crippen LogP contribution is 2.40. The fourth-order valence-corrected chi connectivity index (χ4v) is 4.67. The van der Waals surface area contributed by atoms with Gasteiger partial charge in [-0.3, -0.25) is 9.59 Å². The van der Waals surface area contributed by atoms with E-state index in [9.17, 15) is 9.59 Å². The number of rotatable bonds is 5. The second kappa shape index (κ2) is 7.71. The lowest BCUT2D eigenvalue weighted by atomic mass is 10.4. The van der Waals surface area contributed by atoms with Crippen LogP contribution < -0.4 is 10.6 Å². The summed E-state index contributed by atoms with van der Waals surface area (Å²) in [6, 6.07) is 19.0. The molecule has 0 spiro atoms. The van der Waals surface area contributed by atoms with Gasteiger partial charge in [-0.15, -0.1) is 0 Å². The molecule has 0 saturated carbocycles. The summed E-state index contributed by atoms with van der Waals surface area (Å²) in [5.74, 6) is -1.16. The molecule has 2 aromatic carbocycles. The number of benzene rings is 2. The smallest absolute Gasteiger partial charge is 0.325 e. The molecule has 2 rings (SSSR count). The van der Waals surface area contributed by atoms with Crippen molar-refractivity contribution < 1.29 is 19.1 Å². The van der Waals surface area contributed by atoms with Gasteiger partial charge in [0.2, 0.25) is 0 Å². The molecule has 0 unspecified atom stereocenters. The van der Waals surface area contributed by atoms with Gasteiger partial charge in [-0.2, -0.15) is 0 Å². The summed E-state index contributed by atoms with van der Waals surface area (Å²) in [6.07, 6.45) is 0. The van der Waals surface area contributed by atoms with E-state index in [0.717, 1.165) is 10.6 Å². The van der Waals surface area contributed by atoms with E-state index in [4.69, 9.17) is 9.47 Å². The van der Waals surface area contributed by atoms with Gasteiger partial charge < -0.3 is 9.47 Å². The van der Waals surface area contributed by atoms with Crippen molar-refractivity contribution in [1.29, 1.82) is 0 Å². The fraction of sp³-hybridized carbons (Fsp3) is 0.176. The van der Waals surface area contributed by atoms with Crippen LogP contribution in [-0.2, 0) is 19.1 Å². The maximum absolute atomic E-state index is 12.2. The van der Waals surface area contributed by atoms with Crippen molar-refractivity contribution in [1.82, 2.24) is 0 Å². The number of hydrogen-bond acceptors (Lipinski definition) is 4. The Balaban J connectivity index is 2.56. The molecule has 0 saturated heterocycles. The maximum atomic E-state index is 12.2. The number of ether oxygens (including phenoxy) is 2. The lowest BCUT2D eigenvalue weighted by molar-refractivity contribution is -0.150. The molecule has 22 heavy (non-hydrogen) atoms. The predicted molar refractivity (Wildman–Crippen MR) is 86.9 cm³/mol. The first-order chi connectivity index (χ1) is 10.7. The van der Waals surface area contributed by atoms with E-state index < -0.39 is 25.5 Å². The molecule has 0 bridgehead atoms. The largest absolute Gasteiger partial charge is 0.468 e. The molecule has 0 aliphatic heterocycles. The Morgan fingerprint density at radius 2 is 1.14 bits per heavy atom. The third-order valence-electron chi connectivity index (χ3n) is 3.18. The zero-order chi connectivity index (χ0) is 15.9. The van der Waals surface area contributed by atoms with Crippen LogP contribution >= 0.6 is 7.92 Å². The highest BCUT2D eigenvalue weighted by Gasteiger charge is 2.38. The van der Waals surface area contributed by atoms with Gasteiger partial charge in [-0.05, 0) is 18.5 Å². The van der Waals surface area contributed by atoms with E-state index in [1.807, 2.05) is 60.7 Å². The molecule has 0 aliphatic carbocycles. The molecular weight excluding hydrogens is 299 g/mol. The van der Waals surface area contributed by atoms with Crippen LogP contribution in [0.3, 0.4) is 0 Å². The number of carbonyl (C=O) groups excluding carboxylic acids is 2. The molecule has 0 N–H and O–H groups in total. The minimum Gasteiger partial charge on any atom is -0.468 e. The van der Waals surface area contributed by atoms with Crippen molar-refractivity contribution >= 4 is 30.5 Å². The normalized spacial score (nSPS) is 10.5. The third kappa shape index (κ3) is 3.52. The minimum atomic E-state index is -1.25. The first-order valence-corrected chi connectivity index (χ1v) is 8.15. The number of esters is 2. The standard InChI is InChI=1S/C17H17O4P/c1-20-16(18)15(17(19)21-2)22(13-9-5-3-6-10-13)14-11-7-4-8-12-14/h3-12,15H,1-2H3. The Hall–Kier alpha value is -2.19. The Morgan fingerprint density at radius 1 is 0.773 bits per heavy atom. The Kier molecular flexibility index (Phi) is 5.68. The molecule has 0 radical (unpaired) electrons. The summed E-state index contributed by atoms with van der Waals surface area (Å²) in [6.45, 7) is 0. The van der Waals surface area contributed by atoms with Crippen LogP contribution in [0.1, 0.15) is 0 Å². The van der Waals surface area contributed by atoms with E-state index in [2.05, 4.69) is 0 Å². The van der Waals surface area contributed by atoms with E-state index in [1.54, 1.807) is 0 Å². The molecule has 0 aliphatic rings. The monoisotopic (exact) mass is 316 g/mol. The molecular formula is C17H17O4P. The molecule has 114 valence electrons. The van der Waals surface area contributed by atoms with Crippen molar-refractivity contribution in [2.24, 2.45) is 0 Å². The highest BCUT2D eigenvalue weighted by atomic mass is 31.1. The van der Waals surface area contributed by atoms with Gasteiger partial charge in [-0.25, -0.2) is 0 Å². The summed E-state index contributed by atoms with van der Waals surface area (Å²) in [5.41, 5.74) is -0.977. The first-order valence-electron chi connectivity index (χ1n) is 6.74. The zero-order valence-electron chi connectivity index (χ0n) is 12.4. The van der Waals surface area contributed by atoms with Gasteiger partial charge in [-0.1, -0.05) is 60.7 Å². The molecule has 0 amide bonds. The van der Waals surface area contributed by atoms with Crippen LogP contribution in [0.5, 0.6) is 0 Å². The van der Waals surface area contributed by atoms with Crippen LogP contribution in [0.25, 0.3) is 0 Å². The lowest BCUT2D eigenvalue weighted by Gasteiger charge is -2.24. The van der Waals surface area contributed by atoms with Crippen LogP contribution in [0.4, 0.5) is 0 Å². The molecule has 5 heteroatoms. The van der Waals surface area contributed by atoms with Crippen molar-refractivity contribution in [3.63, 3.8) is 0 Å². The minimum absolute atomic E-state index is 0.578. The third-order valence-corrected chi connectivity index (χ3v) is 5.82. The zero-order valence-corrected chi connectivity index (χ0v) is 13.3. The van der Waals surface area contributed by atoms with E-state index in [-0.39, 0.29) is 0 Å². The Labute approximate surface area is 130 Å². The van der Waals surface area contributed by atoms with Crippen LogP contribution in [0, 0.1) is 0 Å². The average Bonchev–Trinajstić information content (AvgIpc) is 2.59. The Morgan fingerprint density at radius 3 is 1.45 bits per heavy atom. The van der Waals surface area contributed by atoms with Gasteiger partial charge >= 0.3 is 11.9 Å². The molecule has 0 fully saturated rings. The van der Waals surface area contributed by atoms with Crippen molar-refractivity contribution in [2.45, 2.75) is 5.66 Å². The summed E-state index contributed by atoms with van der Waals surface area (Å²) in [5, 5.41) is 1.84. The van der Waals surface area contributed by atoms with Crippen molar-refractivity contribution in [2.75, 3.05) is 14.2 Å². The maximum Gasteiger partial charge on any atom is 0.325 e. The average molecular weight is 316 g/mol. The second-order valence-corrected chi connectivity index (χ2v) is 6.78. The Bertz CT molecular complexity index is 572. The number of methoxy groups -OCH3 is 2. The summed E-state index contributed by atoms with van der Waals surface area (Å²) in [7, 11) is 1.31. The molecule has 0 atom stereocenters. The SMILES string of the molecule is COC(=O)C(C(=O)OC)P(c1ccccc1)c1ccccc1. The predicted octanol–water partition coefficient (Wildman–Crippen LogP) is 1.83. The summed E-state index contributed by atoms with van der Waals surface area (Å²) in [4.78, 5) is 24.4. The lowest BCUT2D eigenvalue weighted by Crippen LogP contribution is -2.36. The first kappa shape index (κ1) is 16.2. The van der Waals surface area contributed by atoms with Crippen molar-refractivity contribution in [3.8, 4) is 0 Å². The van der Waals surface area contributed by atoms with Crippen molar-refractivity contribution in [3.05, 3.63) is 60.7 Å².